The molecule has 1 amide bonds. The molecule has 0 saturated heterocycles. The molecule has 6 nitrogen and oxygen atoms in total. The first-order chi connectivity index (χ1) is 6.63. The summed E-state index contributed by atoms with van der Waals surface area (Å²) in [5.74, 6) is -0.348. The number of nitrogens with zero attached hydrogens (tertiary/aromatic N) is 1. The topological polar surface area (TPSA) is 101 Å². The van der Waals surface area contributed by atoms with Crippen LogP contribution in [0.25, 0.3) is 0 Å². The minimum Gasteiger partial charge on any atom is -0.347 e. The Hall–Kier alpha value is -1.69. The summed E-state index contributed by atoms with van der Waals surface area (Å²) in [6.45, 7) is 2.14. The summed E-state index contributed by atoms with van der Waals surface area (Å²) in [6, 6.07) is -0.115. The summed E-state index contributed by atoms with van der Waals surface area (Å²) in [5, 5.41) is 2.62. The van der Waals surface area contributed by atoms with Crippen LogP contribution in [0.2, 0.25) is 0 Å². The Morgan fingerprint density at radius 2 is 2.50 bits per heavy atom. The molecule has 0 fully saturated rings. The lowest BCUT2D eigenvalue weighted by Crippen LogP contribution is -2.38. The third kappa shape index (κ3) is 2.67. The zero-order chi connectivity index (χ0) is 10.6. The summed E-state index contributed by atoms with van der Waals surface area (Å²) in [4.78, 5) is 28.1. The quantitative estimate of drug-likeness (QED) is 0.568. The Morgan fingerprint density at radius 1 is 1.79 bits per heavy atom. The van der Waals surface area contributed by atoms with Crippen LogP contribution >= 0.6 is 0 Å². The number of aromatic nitrogens is 2. The molecule has 0 spiro atoms. The van der Waals surface area contributed by atoms with Crippen LogP contribution in [0, 0.1) is 0 Å². The zero-order valence-corrected chi connectivity index (χ0v) is 7.78. The summed E-state index contributed by atoms with van der Waals surface area (Å²) < 4.78 is 0. The molecule has 0 aliphatic rings. The first kappa shape index (κ1) is 10.4. The first-order valence-electron chi connectivity index (χ1n) is 4.19. The van der Waals surface area contributed by atoms with Gasteiger partial charge in [-0.15, -0.1) is 0 Å². The van der Waals surface area contributed by atoms with E-state index in [2.05, 4.69) is 15.3 Å². The lowest BCUT2D eigenvalue weighted by molar-refractivity contribution is 0.0936. The van der Waals surface area contributed by atoms with E-state index in [4.69, 9.17) is 5.73 Å². The highest BCUT2D eigenvalue weighted by Gasteiger charge is 2.09. The van der Waals surface area contributed by atoms with Gasteiger partial charge >= 0.3 is 0 Å². The number of H-pyrrole nitrogens is 1. The normalized spacial score (nSPS) is 12.1. The Labute approximate surface area is 80.5 Å². The summed E-state index contributed by atoms with van der Waals surface area (Å²) in [6.07, 6.45) is 2.32. The third-order valence-corrected chi connectivity index (χ3v) is 1.64. The number of carbonyl (C=O) groups is 1. The number of nitrogens with two attached hydrogens (primary N) is 1. The number of aromatic amines is 1. The maximum Gasteiger partial charge on any atom is 0.271 e. The van der Waals surface area contributed by atoms with E-state index in [0.29, 0.717) is 6.54 Å². The summed E-state index contributed by atoms with van der Waals surface area (Å²) in [5.41, 5.74) is 5.16. The van der Waals surface area contributed by atoms with Crippen molar-refractivity contribution in [2.45, 2.75) is 13.0 Å². The lowest BCUT2D eigenvalue weighted by atomic mass is 10.3. The van der Waals surface area contributed by atoms with Gasteiger partial charge in [0.15, 0.2) is 0 Å². The molecule has 0 unspecified atom stereocenters. The van der Waals surface area contributed by atoms with Crippen molar-refractivity contribution in [3.05, 3.63) is 28.4 Å². The van der Waals surface area contributed by atoms with Gasteiger partial charge in [0.05, 0.1) is 6.20 Å². The van der Waals surface area contributed by atoms with Crippen LogP contribution in [-0.4, -0.2) is 28.5 Å². The lowest BCUT2D eigenvalue weighted by Gasteiger charge is -2.09. The van der Waals surface area contributed by atoms with E-state index in [1.807, 2.05) is 0 Å². The SMILES string of the molecule is C[C@H](CN)NC(=O)c1c[nH]c(=O)cn1. The monoisotopic (exact) mass is 196 g/mol. The predicted octanol–water partition coefficient (Wildman–Crippen LogP) is -1.15. The smallest absolute Gasteiger partial charge is 0.271 e. The van der Waals surface area contributed by atoms with E-state index < -0.39 is 0 Å². The molecular weight excluding hydrogens is 184 g/mol. The largest absolute Gasteiger partial charge is 0.347 e. The molecule has 0 bridgehead atoms. The fourth-order valence-electron chi connectivity index (χ4n) is 0.823. The summed E-state index contributed by atoms with van der Waals surface area (Å²) in [7, 11) is 0. The highest BCUT2D eigenvalue weighted by molar-refractivity contribution is 5.92. The molecule has 0 aliphatic carbocycles. The molecule has 4 N–H and O–H groups in total. The molecule has 1 heterocycles. The molecular formula is C8H12N4O2. The zero-order valence-electron chi connectivity index (χ0n) is 7.78. The molecule has 0 aromatic carbocycles. The van der Waals surface area contributed by atoms with Gasteiger partial charge in [-0.2, -0.15) is 0 Å². The Balaban J connectivity index is 2.70. The molecule has 1 rings (SSSR count). The van der Waals surface area contributed by atoms with E-state index >= 15 is 0 Å². The van der Waals surface area contributed by atoms with Gasteiger partial charge in [0.1, 0.15) is 5.69 Å². The van der Waals surface area contributed by atoms with Gasteiger partial charge in [-0.05, 0) is 6.92 Å². The number of carbonyl (C=O) groups excluding carboxylic acids is 1. The van der Waals surface area contributed by atoms with Crippen LogP contribution in [0.3, 0.4) is 0 Å². The molecule has 76 valence electrons. The van der Waals surface area contributed by atoms with Crippen LogP contribution < -0.4 is 16.6 Å². The van der Waals surface area contributed by atoms with Gasteiger partial charge < -0.3 is 16.0 Å². The van der Waals surface area contributed by atoms with E-state index in [1.54, 1.807) is 6.92 Å². The number of rotatable bonds is 3. The molecule has 0 radical (unpaired) electrons. The highest BCUT2D eigenvalue weighted by Crippen LogP contribution is 1.89. The van der Waals surface area contributed by atoms with Crippen LogP contribution in [0.1, 0.15) is 17.4 Å². The Bertz CT molecular complexity index is 353. The van der Waals surface area contributed by atoms with Crippen LogP contribution in [-0.2, 0) is 0 Å². The summed E-state index contributed by atoms with van der Waals surface area (Å²) >= 11 is 0. The van der Waals surface area contributed by atoms with Crippen molar-refractivity contribution in [3.8, 4) is 0 Å². The van der Waals surface area contributed by atoms with Crippen molar-refractivity contribution in [3.63, 3.8) is 0 Å². The predicted molar refractivity (Wildman–Crippen MR) is 50.8 cm³/mol. The standard InChI is InChI=1S/C8H12N4O2/c1-5(2-9)12-8(14)6-3-11-7(13)4-10-6/h3-5H,2,9H2,1H3,(H,11,13)(H,12,14)/t5-/m1/s1. The second-order valence-corrected chi connectivity index (χ2v) is 2.91. The molecule has 1 aromatic rings. The first-order valence-corrected chi connectivity index (χ1v) is 4.19. The van der Waals surface area contributed by atoms with E-state index in [9.17, 15) is 9.59 Å². The molecule has 1 aromatic heterocycles. The van der Waals surface area contributed by atoms with Gasteiger partial charge in [-0.1, -0.05) is 0 Å². The number of nitrogens with one attached hydrogen (secondary N) is 2. The maximum atomic E-state index is 11.4. The van der Waals surface area contributed by atoms with Gasteiger partial charge in [0.25, 0.3) is 11.5 Å². The second-order valence-electron chi connectivity index (χ2n) is 2.91. The number of amides is 1. The molecule has 14 heavy (non-hydrogen) atoms. The van der Waals surface area contributed by atoms with Crippen LogP contribution in [0.5, 0.6) is 0 Å². The van der Waals surface area contributed by atoms with E-state index in [0.717, 1.165) is 6.20 Å². The van der Waals surface area contributed by atoms with Crippen molar-refractivity contribution in [2.24, 2.45) is 5.73 Å². The minimum absolute atomic E-state index is 0.115. The molecule has 6 heteroatoms. The van der Waals surface area contributed by atoms with Gasteiger partial charge in [0.2, 0.25) is 0 Å². The maximum absolute atomic E-state index is 11.4. The minimum atomic E-state index is -0.348. The Kier molecular flexibility index (Phi) is 3.35. The third-order valence-electron chi connectivity index (χ3n) is 1.64. The van der Waals surface area contributed by atoms with Crippen molar-refractivity contribution in [1.82, 2.24) is 15.3 Å². The number of hydrogen-bond acceptors (Lipinski definition) is 4. The van der Waals surface area contributed by atoms with Gasteiger partial charge in [-0.25, -0.2) is 4.98 Å². The van der Waals surface area contributed by atoms with Crippen molar-refractivity contribution in [1.29, 1.82) is 0 Å². The van der Waals surface area contributed by atoms with Crippen molar-refractivity contribution >= 4 is 5.91 Å². The van der Waals surface area contributed by atoms with E-state index in [1.165, 1.54) is 6.20 Å². The van der Waals surface area contributed by atoms with Crippen molar-refractivity contribution in [2.75, 3.05) is 6.54 Å². The second kappa shape index (κ2) is 4.52. The Morgan fingerprint density at radius 3 is 3.00 bits per heavy atom. The van der Waals surface area contributed by atoms with Crippen molar-refractivity contribution < 1.29 is 4.79 Å². The van der Waals surface area contributed by atoms with E-state index in [-0.39, 0.29) is 23.2 Å². The molecule has 1 atom stereocenters. The van der Waals surface area contributed by atoms with Crippen LogP contribution in [0.15, 0.2) is 17.2 Å². The average Bonchev–Trinajstić information content (AvgIpc) is 2.18. The van der Waals surface area contributed by atoms with Gasteiger partial charge in [0, 0.05) is 18.8 Å². The molecule has 0 saturated carbocycles. The highest BCUT2D eigenvalue weighted by atomic mass is 16.2. The average molecular weight is 196 g/mol. The molecule has 0 aliphatic heterocycles. The fourth-order valence-corrected chi connectivity index (χ4v) is 0.823. The number of hydrogen-bond donors (Lipinski definition) is 3. The fraction of sp³-hybridized carbons (Fsp3) is 0.375. The van der Waals surface area contributed by atoms with Gasteiger partial charge in [-0.3, -0.25) is 9.59 Å². The van der Waals surface area contributed by atoms with Crippen LogP contribution in [0.4, 0.5) is 0 Å².